The van der Waals surface area contributed by atoms with Gasteiger partial charge in [-0.25, -0.2) is 0 Å². The van der Waals surface area contributed by atoms with Crippen LogP contribution in [0.4, 0.5) is 5.69 Å². The van der Waals surface area contributed by atoms with Gasteiger partial charge in [-0.1, -0.05) is 17.7 Å². The Balaban J connectivity index is 2.17. The Morgan fingerprint density at radius 1 is 1.50 bits per heavy atom. The standard InChI is InChI=1S/C13H18ClN3O/c1-15-8-10-3-4-11(7-12(10)14)17-6-2-5-16-13(18)9-17/h3-4,7,15H,2,5-6,8-9H2,1H3,(H,16,18). The van der Waals surface area contributed by atoms with E-state index in [2.05, 4.69) is 15.5 Å². The summed E-state index contributed by atoms with van der Waals surface area (Å²) in [5.74, 6) is 0.0722. The minimum absolute atomic E-state index is 0.0722. The summed E-state index contributed by atoms with van der Waals surface area (Å²) in [6, 6.07) is 5.97. The van der Waals surface area contributed by atoms with Gasteiger partial charge < -0.3 is 15.5 Å². The first-order valence-electron chi connectivity index (χ1n) is 6.15. The summed E-state index contributed by atoms with van der Waals surface area (Å²) in [4.78, 5) is 13.6. The maximum atomic E-state index is 11.5. The Hall–Kier alpha value is -1.26. The molecule has 1 heterocycles. The molecule has 0 spiro atoms. The average molecular weight is 268 g/mol. The molecule has 18 heavy (non-hydrogen) atoms. The fourth-order valence-electron chi connectivity index (χ4n) is 2.09. The lowest BCUT2D eigenvalue weighted by Crippen LogP contribution is -2.33. The second-order valence-corrected chi connectivity index (χ2v) is 4.84. The average Bonchev–Trinajstić information content (AvgIpc) is 2.57. The molecule has 1 amide bonds. The lowest BCUT2D eigenvalue weighted by Gasteiger charge is -2.22. The van der Waals surface area contributed by atoms with Crippen LogP contribution in [0.15, 0.2) is 18.2 Å². The van der Waals surface area contributed by atoms with Gasteiger partial charge in [0.25, 0.3) is 0 Å². The van der Waals surface area contributed by atoms with E-state index in [4.69, 9.17) is 11.6 Å². The van der Waals surface area contributed by atoms with E-state index in [1.54, 1.807) is 0 Å². The molecule has 0 unspecified atom stereocenters. The van der Waals surface area contributed by atoms with E-state index in [-0.39, 0.29) is 5.91 Å². The fourth-order valence-corrected chi connectivity index (χ4v) is 2.33. The third-order valence-electron chi connectivity index (χ3n) is 3.03. The SMILES string of the molecule is CNCc1ccc(N2CCCNC(=O)C2)cc1Cl. The molecule has 0 bridgehead atoms. The van der Waals surface area contributed by atoms with Crippen molar-refractivity contribution in [1.29, 1.82) is 0 Å². The van der Waals surface area contributed by atoms with Crippen molar-refractivity contribution in [3.63, 3.8) is 0 Å². The Labute approximate surface area is 112 Å². The van der Waals surface area contributed by atoms with Gasteiger partial charge >= 0.3 is 0 Å². The van der Waals surface area contributed by atoms with Crippen molar-refractivity contribution < 1.29 is 4.79 Å². The monoisotopic (exact) mass is 267 g/mol. The van der Waals surface area contributed by atoms with Gasteiger partial charge in [0.05, 0.1) is 6.54 Å². The third kappa shape index (κ3) is 3.15. The highest BCUT2D eigenvalue weighted by atomic mass is 35.5. The highest BCUT2D eigenvalue weighted by molar-refractivity contribution is 6.31. The highest BCUT2D eigenvalue weighted by Crippen LogP contribution is 2.24. The van der Waals surface area contributed by atoms with E-state index in [0.29, 0.717) is 6.54 Å². The number of nitrogens with zero attached hydrogens (tertiary/aromatic N) is 1. The molecule has 1 aromatic rings. The molecule has 98 valence electrons. The van der Waals surface area contributed by atoms with Crippen LogP contribution in [0.3, 0.4) is 0 Å². The van der Waals surface area contributed by atoms with Gasteiger partial charge in [0.2, 0.25) is 5.91 Å². The molecule has 4 nitrogen and oxygen atoms in total. The number of anilines is 1. The van der Waals surface area contributed by atoms with E-state index in [1.807, 2.05) is 25.2 Å². The molecule has 5 heteroatoms. The first-order valence-corrected chi connectivity index (χ1v) is 6.53. The molecular formula is C13H18ClN3O. The van der Waals surface area contributed by atoms with E-state index in [0.717, 1.165) is 42.3 Å². The number of hydrogen-bond donors (Lipinski definition) is 2. The minimum Gasteiger partial charge on any atom is -0.362 e. The number of nitrogens with one attached hydrogen (secondary N) is 2. The second-order valence-electron chi connectivity index (χ2n) is 4.43. The number of hydrogen-bond acceptors (Lipinski definition) is 3. The zero-order valence-electron chi connectivity index (χ0n) is 10.5. The summed E-state index contributed by atoms with van der Waals surface area (Å²) >= 11 is 6.24. The van der Waals surface area contributed by atoms with Crippen molar-refractivity contribution >= 4 is 23.2 Å². The molecule has 2 rings (SSSR count). The molecule has 1 aliphatic heterocycles. The van der Waals surface area contributed by atoms with E-state index in [1.165, 1.54) is 0 Å². The van der Waals surface area contributed by atoms with Crippen LogP contribution in [0.1, 0.15) is 12.0 Å². The van der Waals surface area contributed by atoms with Crippen molar-refractivity contribution in [3.05, 3.63) is 28.8 Å². The number of carbonyl (C=O) groups is 1. The summed E-state index contributed by atoms with van der Waals surface area (Å²) in [6.07, 6.45) is 0.960. The smallest absolute Gasteiger partial charge is 0.239 e. The molecule has 0 aromatic heterocycles. The van der Waals surface area contributed by atoms with Crippen molar-refractivity contribution in [2.45, 2.75) is 13.0 Å². The Kier molecular flexibility index (Phi) is 4.44. The quantitative estimate of drug-likeness (QED) is 0.870. The molecule has 0 radical (unpaired) electrons. The van der Waals surface area contributed by atoms with Gasteiger partial charge in [-0.05, 0) is 31.2 Å². The molecule has 0 atom stereocenters. The van der Waals surface area contributed by atoms with Crippen LogP contribution < -0.4 is 15.5 Å². The van der Waals surface area contributed by atoms with Crippen LogP contribution in [0, 0.1) is 0 Å². The lowest BCUT2D eigenvalue weighted by atomic mass is 10.2. The summed E-state index contributed by atoms with van der Waals surface area (Å²) < 4.78 is 0. The molecule has 1 aromatic carbocycles. The topological polar surface area (TPSA) is 44.4 Å². The van der Waals surface area contributed by atoms with Gasteiger partial charge in [0, 0.05) is 30.3 Å². The Bertz CT molecular complexity index is 436. The van der Waals surface area contributed by atoms with Crippen LogP contribution in [-0.2, 0) is 11.3 Å². The number of amides is 1. The van der Waals surface area contributed by atoms with Gasteiger partial charge in [-0.3, -0.25) is 4.79 Å². The predicted octanol–water partition coefficient (Wildman–Crippen LogP) is 1.39. The molecule has 1 saturated heterocycles. The molecule has 0 aliphatic carbocycles. The van der Waals surface area contributed by atoms with Crippen molar-refractivity contribution in [2.24, 2.45) is 0 Å². The normalized spacial score (nSPS) is 16.3. The maximum Gasteiger partial charge on any atom is 0.239 e. The maximum absolute atomic E-state index is 11.5. The number of rotatable bonds is 3. The first-order chi connectivity index (χ1) is 8.70. The molecule has 1 aliphatic rings. The van der Waals surface area contributed by atoms with Gasteiger partial charge in [-0.2, -0.15) is 0 Å². The van der Waals surface area contributed by atoms with Crippen LogP contribution in [0.25, 0.3) is 0 Å². The number of halogens is 1. The minimum atomic E-state index is 0.0722. The zero-order chi connectivity index (χ0) is 13.0. The van der Waals surface area contributed by atoms with Gasteiger partial charge in [0.1, 0.15) is 0 Å². The predicted molar refractivity (Wildman–Crippen MR) is 74.1 cm³/mol. The Morgan fingerprint density at radius 3 is 3.06 bits per heavy atom. The highest BCUT2D eigenvalue weighted by Gasteiger charge is 2.15. The Morgan fingerprint density at radius 2 is 2.33 bits per heavy atom. The summed E-state index contributed by atoms with van der Waals surface area (Å²) in [5, 5.41) is 6.69. The van der Waals surface area contributed by atoms with Gasteiger partial charge in [-0.15, -0.1) is 0 Å². The van der Waals surface area contributed by atoms with Crippen molar-refractivity contribution in [3.8, 4) is 0 Å². The molecular weight excluding hydrogens is 250 g/mol. The summed E-state index contributed by atoms with van der Waals surface area (Å²) in [5.41, 5.74) is 2.08. The fraction of sp³-hybridized carbons (Fsp3) is 0.462. The molecule has 0 saturated carbocycles. The van der Waals surface area contributed by atoms with Gasteiger partial charge in [0.15, 0.2) is 0 Å². The second kappa shape index (κ2) is 6.07. The summed E-state index contributed by atoms with van der Waals surface area (Å²) in [7, 11) is 1.89. The first kappa shape index (κ1) is 13.2. The van der Waals surface area contributed by atoms with Crippen molar-refractivity contribution in [2.75, 3.05) is 31.6 Å². The van der Waals surface area contributed by atoms with Crippen molar-refractivity contribution in [1.82, 2.24) is 10.6 Å². The largest absolute Gasteiger partial charge is 0.362 e. The van der Waals surface area contributed by atoms with Crippen LogP contribution >= 0.6 is 11.6 Å². The van der Waals surface area contributed by atoms with Crippen LogP contribution in [-0.4, -0.2) is 32.6 Å². The number of benzene rings is 1. The molecule has 2 N–H and O–H groups in total. The van der Waals surface area contributed by atoms with Crippen LogP contribution in [0.2, 0.25) is 5.02 Å². The van der Waals surface area contributed by atoms with Crippen LogP contribution in [0.5, 0.6) is 0 Å². The molecule has 1 fully saturated rings. The van der Waals surface area contributed by atoms with E-state index >= 15 is 0 Å². The van der Waals surface area contributed by atoms with E-state index < -0.39 is 0 Å². The third-order valence-corrected chi connectivity index (χ3v) is 3.38. The zero-order valence-corrected chi connectivity index (χ0v) is 11.3. The van der Waals surface area contributed by atoms with E-state index in [9.17, 15) is 4.79 Å². The number of carbonyl (C=O) groups excluding carboxylic acids is 1. The summed E-state index contributed by atoms with van der Waals surface area (Å²) in [6.45, 7) is 2.78. The lowest BCUT2D eigenvalue weighted by molar-refractivity contribution is -0.119.